The van der Waals surface area contributed by atoms with E-state index in [4.69, 9.17) is 24.8 Å². The van der Waals surface area contributed by atoms with E-state index in [1.54, 1.807) is 0 Å². The van der Waals surface area contributed by atoms with E-state index >= 15 is 0 Å². The number of rotatable bonds is 22. The fourth-order valence-corrected chi connectivity index (χ4v) is 8.82. The van der Waals surface area contributed by atoms with E-state index in [0.29, 0.717) is 19.5 Å². The number of carbonyl (C=O) groups is 2. The molecular formula is C36H65N6O9PSi. The van der Waals surface area contributed by atoms with Gasteiger partial charge in [0.15, 0.2) is 8.32 Å². The minimum absolute atomic E-state index is 0.0413. The van der Waals surface area contributed by atoms with Crippen LogP contribution < -0.4 is 21.9 Å². The summed E-state index contributed by atoms with van der Waals surface area (Å²) in [5, 5.41) is 5.36. The highest BCUT2D eigenvalue weighted by Gasteiger charge is 2.53. The van der Waals surface area contributed by atoms with Gasteiger partial charge in [-0.2, -0.15) is 0 Å². The quantitative estimate of drug-likeness (QED) is 0.0561. The van der Waals surface area contributed by atoms with Gasteiger partial charge in [-0.25, -0.2) is 20.8 Å². The summed E-state index contributed by atoms with van der Waals surface area (Å²) in [6.07, 6.45) is 2.37. The Labute approximate surface area is 318 Å². The molecule has 2 heterocycles. The number of unbranched alkanes of at least 4 members (excludes halogenated alkanes) is 3. The summed E-state index contributed by atoms with van der Waals surface area (Å²) in [4.78, 5) is 56.2. The molecule has 5 atom stereocenters. The number of H-pyrrole nitrogens is 1. The molecule has 1 aliphatic heterocycles. The highest BCUT2D eigenvalue weighted by Crippen LogP contribution is 2.52. The van der Waals surface area contributed by atoms with E-state index in [1.807, 2.05) is 6.92 Å². The highest BCUT2D eigenvalue weighted by atomic mass is 31.2. The van der Waals surface area contributed by atoms with Crippen LogP contribution in [-0.4, -0.2) is 98.3 Å². The molecule has 1 aromatic rings. The average Bonchev–Trinajstić information content (AvgIpc) is 3.40. The van der Waals surface area contributed by atoms with Crippen LogP contribution in [0, 0.1) is 6.57 Å². The minimum atomic E-state index is -2.49. The van der Waals surface area contributed by atoms with Crippen LogP contribution in [0.2, 0.25) is 18.1 Å². The van der Waals surface area contributed by atoms with E-state index in [1.165, 1.54) is 17.9 Å². The number of methoxy groups -OCH3 is 1. The Balaban J connectivity index is 2.34. The molecule has 0 spiro atoms. The normalized spacial score (nSPS) is 19.8. The summed E-state index contributed by atoms with van der Waals surface area (Å²) in [6, 6.07) is 0.162. The maximum Gasteiger partial charge on any atom is 0.406 e. The lowest BCUT2D eigenvalue weighted by molar-refractivity contribution is -0.121. The van der Waals surface area contributed by atoms with Crippen molar-refractivity contribution in [3.05, 3.63) is 44.0 Å². The number of aromatic amines is 1. The molecule has 0 aliphatic carbocycles. The minimum Gasteiger partial charge on any atom is -0.453 e. The van der Waals surface area contributed by atoms with Gasteiger partial charge in [0.25, 0.3) is 14.1 Å². The van der Waals surface area contributed by atoms with Gasteiger partial charge in [0.2, 0.25) is 12.5 Å². The third-order valence-corrected chi connectivity index (χ3v) is 16.2. The van der Waals surface area contributed by atoms with Gasteiger partial charge in [0.05, 0.1) is 18.8 Å². The molecule has 1 saturated heterocycles. The molecule has 2 rings (SSSR count). The summed E-state index contributed by atoms with van der Waals surface area (Å²) in [5.74, 6) is -0.209. The summed E-state index contributed by atoms with van der Waals surface area (Å²) < 4.78 is 35.0. The Morgan fingerprint density at radius 3 is 2.25 bits per heavy atom. The fourth-order valence-electron chi connectivity index (χ4n) is 5.77. The van der Waals surface area contributed by atoms with Gasteiger partial charge in [0.1, 0.15) is 24.9 Å². The molecule has 3 N–H and O–H groups in total. The van der Waals surface area contributed by atoms with Crippen LogP contribution in [0.5, 0.6) is 0 Å². The second kappa shape index (κ2) is 22.0. The van der Waals surface area contributed by atoms with Gasteiger partial charge in [0, 0.05) is 44.3 Å². The predicted octanol–water partition coefficient (Wildman–Crippen LogP) is 5.87. The first-order valence-electron chi connectivity index (χ1n) is 18.8. The van der Waals surface area contributed by atoms with Crippen molar-refractivity contribution in [1.29, 1.82) is 0 Å². The zero-order chi connectivity index (χ0) is 39.9. The van der Waals surface area contributed by atoms with Crippen LogP contribution in [0.25, 0.3) is 4.85 Å². The zero-order valence-corrected chi connectivity index (χ0v) is 35.7. The topological polar surface area (TPSA) is 167 Å². The molecule has 0 bridgehead atoms. The lowest BCUT2D eigenvalue weighted by Crippen LogP contribution is -2.49. The highest BCUT2D eigenvalue weighted by molar-refractivity contribution is 7.44. The maximum atomic E-state index is 13.5. The Hall–Kier alpha value is -2.64. The Bertz CT molecular complexity index is 1450. The first-order valence-corrected chi connectivity index (χ1v) is 22.9. The van der Waals surface area contributed by atoms with E-state index in [9.17, 15) is 19.2 Å². The molecule has 2 amide bonds. The smallest absolute Gasteiger partial charge is 0.406 e. The van der Waals surface area contributed by atoms with Gasteiger partial charge in [-0.3, -0.25) is 19.1 Å². The lowest BCUT2D eigenvalue weighted by Gasteiger charge is -2.42. The Morgan fingerprint density at radius 2 is 1.70 bits per heavy atom. The standard InChI is InChI=1S/C36H65N6O9PSi/c1-13-28-31(50-52(48-23-21-37-9)42(25(2)3)26(4)5)32(51-53(11,12)36(6,7)8)30(49-28)27-24-41(34(45)40-33(27)44)22-18-29(43)38-19-16-14-15-17-20-39-35(46)47-10/h24-26,28,30-32H,13-23H2,1-8,10-12H3,(H,38,43)(H,39,46)(H,40,44,45)/t28-,30+,31+,32?,52?/m1/s1. The molecule has 1 fully saturated rings. The number of aromatic nitrogens is 2. The summed E-state index contributed by atoms with van der Waals surface area (Å²) in [5.41, 5.74) is -0.973. The van der Waals surface area contributed by atoms with Crippen LogP contribution in [0.3, 0.4) is 0 Å². The molecule has 0 saturated carbocycles. The number of nitrogens with one attached hydrogen (secondary N) is 3. The van der Waals surface area contributed by atoms with Gasteiger partial charge in [-0.1, -0.05) is 40.5 Å². The molecule has 15 nitrogen and oxygen atoms in total. The van der Waals surface area contributed by atoms with Gasteiger partial charge in [-0.05, 0) is 65.1 Å². The maximum absolute atomic E-state index is 13.5. The number of ether oxygens (including phenoxy) is 2. The largest absolute Gasteiger partial charge is 0.453 e. The van der Waals surface area contributed by atoms with E-state index < -0.39 is 58.6 Å². The predicted molar refractivity (Wildman–Crippen MR) is 209 cm³/mol. The van der Waals surface area contributed by atoms with Crippen molar-refractivity contribution in [2.45, 2.75) is 155 Å². The van der Waals surface area contributed by atoms with Crippen molar-refractivity contribution in [2.75, 3.05) is 33.4 Å². The molecule has 302 valence electrons. The first-order chi connectivity index (χ1) is 24.9. The average molecular weight is 785 g/mol. The van der Waals surface area contributed by atoms with Crippen molar-refractivity contribution < 1.29 is 32.5 Å². The van der Waals surface area contributed by atoms with Gasteiger partial charge >= 0.3 is 11.8 Å². The molecule has 17 heteroatoms. The van der Waals surface area contributed by atoms with Crippen molar-refractivity contribution in [1.82, 2.24) is 24.9 Å². The van der Waals surface area contributed by atoms with Crippen LogP contribution in [0.1, 0.15) is 106 Å². The molecule has 1 aromatic heterocycles. The van der Waals surface area contributed by atoms with Crippen LogP contribution >= 0.6 is 8.53 Å². The summed E-state index contributed by atoms with van der Waals surface area (Å²) in [6.45, 7) is 29.7. The second-order valence-electron chi connectivity index (χ2n) is 15.4. The third-order valence-electron chi connectivity index (χ3n) is 9.62. The number of hydrogen-bond donors (Lipinski definition) is 3. The fraction of sp³-hybridized carbons (Fsp3) is 0.806. The van der Waals surface area contributed by atoms with E-state index in [2.05, 4.69) is 91.4 Å². The molecule has 0 aromatic carbocycles. The van der Waals surface area contributed by atoms with Crippen molar-refractivity contribution in [3.63, 3.8) is 0 Å². The van der Waals surface area contributed by atoms with Crippen LogP contribution in [0.4, 0.5) is 4.79 Å². The molecule has 53 heavy (non-hydrogen) atoms. The van der Waals surface area contributed by atoms with Crippen LogP contribution in [0.15, 0.2) is 15.8 Å². The molecule has 2 unspecified atom stereocenters. The number of nitrogens with zero attached hydrogens (tertiary/aromatic N) is 3. The summed E-state index contributed by atoms with van der Waals surface area (Å²) >= 11 is 0. The monoisotopic (exact) mass is 784 g/mol. The molecule has 1 aliphatic rings. The van der Waals surface area contributed by atoms with Gasteiger partial charge in [-0.15, -0.1) is 0 Å². The zero-order valence-electron chi connectivity index (χ0n) is 33.8. The van der Waals surface area contributed by atoms with Crippen molar-refractivity contribution in [3.8, 4) is 0 Å². The summed E-state index contributed by atoms with van der Waals surface area (Å²) in [7, 11) is -2.81. The number of carbonyl (C=O) groups excluding carboxylic acids is 2. The molecular weight excluding hydrogens is 719 g/mol. The number of hydrogen-bond acceptors (Lipinski definition) is 10. The third kappa shape index (κ3) is 14.2. The van der Waals surface area contributed by atoms with Crippen LogP contribution in [-0.2, 0) is 34.3 Å². The molecule has 0 radical (unpaired) electrons. The Morgan fingerprint density at radius 1 is 1.08 bits per heavy atom. The number of amides is 2. The lowest BCUT2D eigenvalue weighted by atomic mass is 10.0. The van der Waals surface area contributed by atoms with Crippen molar-refractivity contribution >= 4 is 28.8 Å². The van der Waals surface area contributed by atoms with E-state index in [0.717, 1.165) is 25.7 Å². The number of alkyl carbamates (subject to hydrolysis) is 1. The SMILES string of the molecule is [C-]#[N+]CCOP(O[C@@H]1C(O[Si](C)(C)C(C)(C)C)[C@H](c2cn(CCC(=O)NCCCCCCNC(=O)OC)c(=O)[nH]c2=O)O[C@@H]1CC)N(C(C)C)C(C)C. The Kier molecular flexibility index (Phi) is 19.3. The van der Waals surface area contributed by atoms with E-state index in [-0.39, 0.29) is 54.7 Å². The first kappa shape index (κ1) is 46.5. The van der Waals surface area contributed by atoms with Gasteiger partial charge < -0.3 is 38.4 Å². The second-order valence-corrected chi connectivity index (χ2v) is 21.6. The number of aryl methyl sites for hydroxylation is 1. The van der Waals surface area contributed by atoms with Crippen molar-refractivity contribution in [2.24, 2.45) is 0 Å².